The third-order valence-electron chi connectivity index (χ3n) is 3.66. The van der Waals surface area contributed by atoms with Crippen molar-refractivity contribution < 1.29 is 28.9 Å². The number of phenolic OH excluding ortho intramolecular Hbond substituents is 1. The highest BCUT2D eigenvalue weighted by Crippen LogP contribution is 2.25. The minimum absolute atomic E-state index is 0.0463. The molecule has 25 heavy (non-hydrogen) atoms. The Balaban J connectivity index is 1.55. The van der Waals surface area contributed by atoms with Gasteiger partial charge < -0.3 is 19.3 Å². The quantitative estimate of drug-likeness (QED) is 0.672. The van der Waals surface area contributed by atoms with Crippen molar-refractivity contribution in [1.82, 2.24) is 4.90 Å². The van der Waals surface area contributed by atoms with Crippen molar-refractivity contribution in [1.29, 1.82) is 0 Å². The third-order valence-corrected chi connectivity index (χ3v) is 3.66. The number of benzene rings is 2. The van der Waals surface area contributed by atoms with Gasteiger partial charge in [0, 0.05) is 12.1 Å². The molecule has 1 aliphatic heterocycles. The van der Waals surface area contributed by atoms with Crippen molar-refractivity contribution in [3.63, 3.8) is 0 Å². The van der Waals surface area contributed by atoms with E-state index in [4.69, 9.17) is 14.2 Å². The molecule has 0 fully saturated rings. The minimum atomic E-state index is -0.645. The van der Waals surface area contributed by atoms with Crippen molar-refractivity contribution in [2.45, 2.75) is 6.54 Å². The number of nitrogens with zero attached hydrogens (tertiary/aromatic N) is 1. The average molecular weight is 343 g/mol. The van der Waals surface area contributed by atoms with Crippen molar-refractivity contribution in [3.05, 3.63) is 59.2 Å². The maximum absolute atomic E-state index is 12.1. The summed E-state index contributed by atoms with van der Waals surface area (Å²) in [5.41, 5.74) is 1.51. The third kappa shape index (κ3) is 4.07. The molecule has 0 amide bonds. The molecule has 1 N–H and O–H groups in total. The predicted molar refractivity (Wildman–Crippen MR) is 87.2 cm³/mol. The van der Waals surface area contributed by atoms with Crippen LogP contribution in [0.15, 0.2) is 42.5 Å². The second-order valence-electron chi connectivity index (χ2n) is 5.64. The summed E-state index contributed by atoms with van der Waals surface area (Å²) in [4.78, 5) is 25.8. The Kier molecular flexibility index (Phi) is 4.85. The fourth-order valence-electron chi connectivity index (χ4n) is 2.39. The van der Waals surface area contributed by atoms with E-state index in [1.807, 2.05) is 11.9 Å². The number of aromatic hydroxyl groups is 1. The lowest BCUT2D eigenvalue weighted by molar-refractivity contribution is -0.0167. The van der Waals surface area contributed by atoms with E-state index in [-0.39, 0.29) is 11.3 Å². The molecule has 3 rings (SSSR count). The number of fused-ring (bicyclic) bond motifs is 1. The van der Waals surface area contributed by atoms with E-state index in [1.165, 1.54) is 24.3 Å². The van der Waals surface area contributed by atoms with Crippen molar-refractivity contribution >= 4 is 11.9 Å². The molecule has 0 spiro atoms. The molecule has 0 unspecified atom stereocenters. The van der Waals surface area contributed by atoms with Crippen molar-refractivity contribution in [2.24, 2.45) is 0 Å². The lowest BCUT2D eigenvalue weighted by Crippen LogP contribution is -2.28. The van der Waals surface area contributed by atoms with Crippen molar-refractivity contribution in [2.75, 3.05) is 20.6 Å². The van der Waals surface area contributed by atoms with Crippen LogP contribution in [0.25, 0.3) is 0 Å². The Bertz CT molecular complexity index is 787. The van der Waals surface area contributed by atoms with Crippen LogP contribution in [-0.4, -0.2) is 42.5 Å². The lowest BCUT2D eigenvalue weighted by Gasteiger charge is -2.25. The molecule has 2 aromatic rings. The first-order chi connectivity index (χ1) is 12.0. The highest BCUT2D eigenvalue weighted by molar-refractivity contribution is 5.91. The highest BCUT2D eigenvalue weighted by atomic mass is 16.7. The van der Waals surface area contributed by atoms with Gasteiger partial charge in [0.1, 0.15) is 18.2 Å². The molecular formula is C18H17NO6. The van der Waals surface area contributed by atoms with Gasteiger partial charge in [0.25, 0.3) is 0 Å². The highest BCUT2D eigenvalue weighted by Gasteiger charge is 2.17. The largest absolute Gasteiger partial charge is 0.508 e. The zero-order valence-corrected chi connectivity index (χ0v) is 13.6. The normalized spacial score (nSPS) is 13.5. The maximum atomic E-state index is 12.1. The monoisotopic (exact) mass is 343 g/mol. The molecule has 0 saturated carbocycles. The summed E-state index contributed by atoms with van der Waals surface area (Å²) in [7, 11) is 1.91. The summed E-state index contributed by atoms with van der Waals surface area (Å²) in [6, 6.07) is 10.6. The molecule has 0 radical (unpaired) electrons. The number of hydrogen-bond donors (Lipinski definition) is 1. The predicted octanol–water partition coefficient (Wildman–Crippen LogP) is 2.15. The summed E-state index contributed by atoms with van der Waals surface area (Å²) in [5.74, 6) is -0.443. The van der Waals surface area contributed by atoms with E-state index in [0.29, 0.717) is 18.8 Å². The summed E-state index contributed by atoms with van der Waals surface area (Å²) in [6.45, 7) is 0.683. The molecule has 2 aromatic carbocycles. The van der Waals surface area contributed by atoms with Gasteiger partial charge in [-0.2, -0.15) is 0 Å². The topological polar surface area (TPSA) is 85.3 Å². The van der Waals surface area contributed by atoms with Crippen LogP contribution in [0.1, 0.15) is 26.3 Å². The fraction of sp³-hybridized carbons (Fsp3) is 0.222. The zero-order valence-electron chi connectivity index (χ0n) is 13.6. The second kappa shape index (κ2) is 7.23. The molecular weight excluding hydrogens is 326 g/mol. The summed E-state index contributed by atoms with van der Waals surface area (Å²) < 4.78 is 15.4. The van der Waals surface area contributed by atoms with Gasteiger partial charge in [-0.1, -0.05) is 0 Å². The van der Waals surface area contributed by atoms with Crippen LogP contribution in [0, 0.1) is 0 Å². The van der Waals surface area contributed by atoms with Crippen LogP contribution in [0.3, 0.4) is 0 Å². The summed E-state index contributed by atoms with van der Waals surface area (Å²) in [5, 5.41) is 9.18. The Morgan fingerprint density at radius 3 is 2.44 bits per heavy atom. The first kappa shape index (κ1) is 16.8. The molecule has 130 valence electrons. The molecule has 1 aliphatic rings. The standard InChI is InChI=1S/C18H17NO6/c1-19-9-14-8-13(4-7-16(14)23-10-19)18(22)25-11-24-17(21)12-2-5-15(20)6-3-12/h2-8,20H,9-11H2,1H3. The van der Waals surface area contributed by atoms with Gasteiger partial charge in [-0.3, -0.25) is 4.90 Å². The van der Waals surface area contributed by atoms with Crippen LogP contribution in [0.5, 0.6) is 11.5 Å². The van der Waals surface area contributed by atoms with Gasteiger partial charge >= 0.3 is 11.9 Å². The fourth-order valence-corrected chi connectivity index (χ4v) is 2.39. The van der Waals surface area contributed by atoms with Gasteiger partial charge in [0.15, 0.2) is 0 Å². The van der Waals surface area contributed by atoms with Gasteiger partial charge in [-0.05, 0) is 49.5 Å². The molecule has 0 atom stereocenters. The van der Waals surface area contributed by atoms with Crippen LogP contribution in [0.2, 0.25) is 0 Å². The molecule has 0 aliphatic carbocycles. The van der Waals surface area contributed by atoms with Crippen LogP contribution in [0.4, 0.5) is 0 Å². The number of hydrogen-bond acceptors (Lipinski definition) is 7. The van der Waals surface area contributed by atoms with Gasteiger partial charge in [0.05, 0.1) is 11.1 Å². The van der Waals surface area contributed by atoms with E-state index >= 15 is 0 Å². The smallest absolute Gasteiger partial charge is 0.341 e. The van der Waals surface area contributed by atoms with Crippen LogP contribution < -0.4 is 4.74 Å². The number of phenols is 1. The molecule has 0 aromatic heterocycles. The average Bonchev–Trinajstić information content (AvgIpc) is 2.61. The molecule has 1 heterocycles. The second-order valence-corrected chi connectivity index (χ2v) is 5.64. The molecule has 0 bridgehead atoms. The van der Waals surface area contributed by atoms with Gasteiger partial charge in [-0.15, -0.1) is 0 Å². The Morgan fingerprint density at radius 2 is 1.72 bits per heavy atom. The number of ether oxygens (including phenoxy) is 3. The van der Waals surface area contributed by atoms with E-state index in [9.17, 15) is 14.7 Å². The molecule has 7 heteroatoms. The first-order valence-corrected chi connectivity index (χ1v) is 7.60. The molecule has 0 saturated heterocycles. The Labute approximate surface area is 144 Å². The van der Waals surface area contributed by atoms with Gasteiger partial charge in [0.2, 0.25) is 6.79 Å². The van der Waals surface area contributed by atoms with E-state index in [0.717, 1.165) is 11.3 Å². The summed E-state index contributed by atoms with van der Waals surface area (Å²) >= 11 is 0. The Hall–Kier alpha value is -3.06. The minimum Gasteiger partial charge on any atom is -0.508 e. The SMILES string of the molecule is CN1COc2ccc(C(=O)OCOC(=O)c3ccc(O)cc3)cc2C1. The van der Waals surface area contributed by atoms with Gasteiger partial charge in [-0.25, -0.2) is 9.59 Å². The van der Waals surface area contributed by atoms with E-state index in [1.54, 1.807) is 18.2 Å². The number of carbonyl (C=O) groups is 2. The number of esters is 2. The first-order valence-electron chi connectivity index (χ1n) is 7.60. The maximum Gasteiger partial charge on any atom is 0.341 e. The summed E-state index contributed by atoms with van der Waals surface area (Å²) in [6.07, 6.45) is 0. The van der Waals surface area contributed by atoms with Crippen LogP contribution >= 0.6 is 0 Å². The zero-order chi connectivity index (χ0) is 17.8. The molecule has 7 nitrogen and oxygen atoms in total. The van der Waals surface area contributed by atoms with E-state index < -0.39 is 18.7 Å². The lowest BCUT2D eigenvalue weighted by atomic mass is 10.1. The van der Waals surface area contributed by atoms with Crippen molar-refractivity contribution in [3.8, 4) is 11.5 Å². The number of rotatable bonds is 4. The number of carbonyl (C=O) groups excluding carboxylic acids is 2. The van der Waals surface area contributed by atoms with Crippen LogP contribution in [-0.2, 0) is 16.0 Å². The Morgan fingerprint density at radius 1 is 1.08 bits per heavy atom. The van der Waals surface area contributed by atoms with E-state index in [2.05, 4.69) is 0 Å².